The van der Waals surface area contributed by atoms with Crippen molar-refractivity contribution in [3.05, 3.63) is 86.7 Å². The van der Waals surface area contributed by atoms with Crippen LogP contribution in [0.25, 0.3) is 10.9 Å². The Morgan fingerprint density at radius 2 is 1.78 bits per heavy atom. The molecule has 1 heterocycles. The molecule has 0 aliphatic carbocycles. The molecule has 2 aromatic carbocycles. The molecule has 0 atom stereocenters. The Bertz CT molecular complexity index is 961. The Morgan fingerprint density at radius 3 is 2.48 bits per heavy atom. The maximum atomic E-state index is 12.3. The molecule has 0 fully saturated rings. The highest BCUT2D eigenvalue weighted by molar-refractivity contribution is 5.96. The summed E-state index contributed by atoms with van der Waals surface area (Å²) in [5.41, 5.74) is 0.624. The van der Waals surface area contributed by atoms with Crippen LogP contribution in [0, 0.1) is 10.1 Å². The van der Waals surface area contributed by atoms with Crippen molar-refractivity contribution < 1.29 is 9.72 Å². The molecule has 6 heteroatoms. The van der Waals surface area contributed by atoms with Crippen LogP contribution in [0.2, 0.25) is 0 Å². The van der Waals surface area contributed by atoms with Gasteiger partial charge in [-0.25, -0.2) is 0 Å². The quantitative estimate of drug-likeness (QED) is 0.421. The first-order valence-electron chi connectivity index (χ1n) is 6.92. The van der Waals surface area contributed by atoms with Crippen LogP contribution in [0.15, 0.2) is 65.5 Å². The summed E-state index contributed by atoms with van der Waals surface area (Å²) in [6.45, 7) is -0.113. The first-order chi connectivity index (χ1) is 11.1. The van der Waals surface area contributed by atoms with Gasteiger partial charge in [-0.3, -0.25) is 19.7 Å². The Kier molecular flexibility index (Phi) is 3.72. The van der Waals surface area contributed by atoms with Gasteiger partial charge in [0.1, 0.15) is 0 Å². The number of hydrogen-bond acceptors (Lipinski definition) is 4. The van der Waals surface area contributed by atoms with Gasteiger partial charge in [0.15, 0.2) is 5.78 Å². The highest BCUT2D eigenvalue weighted by atomic mass is 16.6. The average molecular weight is 308 g/mol. The molecule has 1 aromatic heterocycles. The number of Topliss-reactive ketones (excluding diaryl/α,β-unsaturated/α-hetero) is 1. The van der Waals surface area contributed by atoms with Gasteiger partial charge < -0.3 is 4.57 Å². The van der Waals surface area contributed by atoms with Crippen LogP contribution in [-0.2, 0) is 6.54 Å². The molecule has 0 amide bonds. The molecule has 0 aliphatic heterocycles. The topological polar surface area (TPSA) is 82.2 Å². The van der Waals surface area contributed by atoms with E-state index in [1.165, 1.54) is 34.9 Å². The number of hydrogen-bond donors (Lipinski definition) is 0. The highest BCUT2D eigenvalue weighted by Crippen LogP contribution is 2.19. The number of non-ortho nitro benzene ring substituents is 1. The van der Waals surface area contributed by atoms with Gasteiger partial charge in [-0.05, 0) is 12.1 Å². The fourth-order valence-corrected chi connectivity index (χ4v) is 2.43. The largest absolute Gasteiger partial charge is 0.300 e. The Balaban J connectivity index is 2.06. The maximum Gasteiger partial charge on any atom is 0.270 e. The second-order valence-electron chi connectivity index (χ2n) is 5.05. The van der Waals surface area contributed by atoms with E-state index in [4.69, 9.17) is 0 Å². The number of nitro groups is 1. The van der Waals surface area contributed by atoms with Crippen LogP contribution in [0.4, 0.5) is 5.69 Å². The fraction of sp³-hybridized carbons (Fsp3) is 0.0588. The fourth-order valence-electron chi connectivity index (χ4n) is 2.43. The van der Waals surface area contributed by atoms with E-state index in [1.807, 2.05) is 0 Å². The number of rotatable bonds is 4. The van der Waals surface area contributed by atoms with Crippen molar-refractivity contribution in [2.75, 3.05) is 0 Å². The molecule has 0 saturated heterocycles. The van der Waals surface area contributed by atoms with Crippen molar-refractivity contribution in [1.29, 1.82) is 0 Å². The van der Waals surface area contributed by atoms with Crippen LogP contribution in [-0.4, -0.2) is 15.3 Å². The van der Waals surface area contributed by atoms with Gasteiger partial charge in [-0.1, -0.05) is 30.3 Å². The van der Waals surface area contributed by atoms with E-state index in [-0.39, 0.29) is 23.6 Å². The van der Waals surface area contributed by atoms with Crippen LogP contribution < -0.4 is 5.56 Å². The molecule has 0 aliphatic rings. The lowest BCUT2D eigenvalue weighted by atomic mass is 10.1. The number of ketones is 1. The van der Waals surface area contributed by atoms with Crippen molar-refractivity contribution in [2.45, 2.75) is 6.54 Å². The van der Waals surface area contributed by atoms with E-state index in [2.05, 4.69) is 0 Å². The van der Waals surface area contributed by atoms with Gasteiger partial charge in [-0.2, -0.15) is 0 Å². The molecule has 3 aromatic rings. The third kappa shape index (κ3) is 2.87. The summed E-state index contributed by atoms with van der Waals surface area (Å²) in [4.78, 5) is 34.8. The first-order valence-corrected chi connectivity index (χ1v) is 6.92. The zero-order valence-electron chi connectivity index (χ0n) is 12.0. The number of benzene rings is 2. The third-order valence-electron chi connectivity index (χ3n) is 3.58. The van der Waals surface area contributed by atoms with Gasteiger partial charge >= 0.3 is 0 Å². The van der Waals surface area contributed by atoms with E-state index in [0.717, 1.165) is 0 Å². The average Bonchev–Trinajstić information content (AvgIpc) is 2.57. The molecule has 3 rings (SSSR count). The zero-order valence-corrected chi connectivity index (χ0v) is 12.0. The summed E-state index contributed by atoms with van der Waals surface area (Å²) in [5.74, 6) is -0.196. The van der Waals surface area contributed by atoms with Crippen molar-refractivity contribution in [1.82, 2.24) is 4.57 Å². The minimum Gasteiger partial charge on any atom is -0.300 e. The van der Waals surface area contributed by atoms with Crippen molar-refractivity contribution in [2.24, 2.45) is 0 Å². The number of nitro benzene ring substituents is 1. The second kappa shape index (κ2) is 5.84. The van der Waals surface area contributed by atoms with Crippen LogP contribution >= 0.6 is 0 Å². The zero-order chi connectivity index (χ0) is 16.4. The summed E-state index contributed by atoms with van der Waals surface area (Å²) in [6, 6.07) is 15.7. The molecule has 114 valence electrons. The molecule has 23 heavy (non-hydrogen) atoms. The van der Waals surface area contributed by atoms with E-state index >= 15 is 0 Å². The SMILES string of the molecule is O=C(Cn1c(=O)ccc2cc([N+](=O)[O-])ccc21)c1ccccc1. The summed E-state index contributed by atoms with van der Waals surface area (Å²) in [6.07, 6.45) is 0. The van der Waals surface area contributed by atoms with Crippen molar-refractivity contribution in [3.63, 3.8) is 0 Å². The van der Waals surface area contributed by atoms with Gasteiger partial charge in [0.25, 0.3) is 11.2 Å². The number of nitrogens with zero attached hydrogens (tertiary/aromatic N) is 2. The standard InChI is InChI=1S/C17H12N2O4/c20-16(12-4-2-1-3-5-12)11-18-15-8-7-14(19(22)23)10-13(15)6-9-17(18)21/h1-10H,11H2. The summed E-state index contributed by atoms with van der Waals surface area (Å²) >= 11 is 0. The van der Waals surface area contributed by atoms with E-state index in [0.29, 0.717) is 16.5 Å². The number of aromatic nitrogens is 1. The van der Waals surface area contributed by atoms with E-state index in [1.54, 1.807) is 30.3 Å². The number of carbonyl (C=O) groups is 1. The number of fused-ring (bicyclic) bond motifs is 1. The molecular weight excluding hydrogens is 296 g/mol. The lowest BCUT2D eigenvalue weighted by molar-refractivity contribution is -0.384. The predicted octanol–water partition coefficient (Wildman–Crippen LogP) is 2.79. The van der Waals surface area contributed by atoms with Crippen LogP contribution in [0.5, 0.6) is 0 Å². The van der Waals surface area contributed by atoms with Gasteiger partial charge in [-0.15, -0.1) is 0 Å². The summed E-state index contributed by atoms with van der Waals surface area (Å²) < 4.78 is 1.33. The lowest BCUT2D eigenvalue weighted by Crippen LogP contribution is -2.23. The second-order valence-corrected chi connectivity index (χ2v) is 5.05. The molecule has 0 radical (unpaired) electrons. The molecule has 0 bridgehead atoms. The highest BCUT2D eigenvalue weighted by Gasteiger charge is 2.12. The summed E-state index contributed by atoms with van der Waals surface area (Å²) in [7, 11) is 0. The molecule has 0 spiro atoms. The third-order valence-corrected chi connectivity index (χ3v) is 3.58. The van der Waals surface area contributed by atoms with Crippen molar-refractivity contribution in [3.8, 4) is 0 Å². The first kappa shape index (κ1) is 14.6. The lowest BCUT2D eigenvalue weighted by Gasteiger charge is -2.09. The minimum atomic E-state index is -0.496. The summed E-state index contributed by atoms with van der Waals surface area (Å²) in [5, 5.41) is 11.4. The predicted molar refractivity (Wildman–Crippen MR) is 85.6 cm³/mol. The van der Waals surface area contributed by atoms with E-state index < -0.39 is 4.92 Å². The maximum absolute atomic E-state index is 12.3. The molecule has 0 unspecified atom stereocenters. The monoisotopic (exact) mass is 308 g/mol. The van der Waals surface area contributed by atoms with E-state index in [9.17, 15) is 19.7 Å². The van der Waals surface area contributed by atoms with Crippen LogP contribution in [0.1, 0.15) is 10.4 Å². The smallest absolute Gasteiger partial charge is 0.270 e. The Hall–Kier alpha value is -3.28. The number of pyridine rings is 1. The van der Waals surface area contributed by atoms with Gasteiger partial charge in [0.2, 0.25) is 0 Å². The Morgan fingerprint density at radius 1 is 1.04 bits per heavy atom. The van der Waals surface area contributed by atoms with Gasteiger partial charge in [0, 0.05) is 29.1 Å². The normalized spacial score (nSPS) is 10.6. The van der Waals surface area contributed by atoms with Crippen LogP contribution in [0.3, 0.4) is 0 Å². The Labute approximate surface area is 130 Å². The molecule has 0 saturated carbocycles. The number of carbonyl (C=O) groups excluding carboxylic acids is 1. The van der Waals surface area contributed by atoms with Crippen molar-refractivity contribution >= 4 is 22.4 Å². The molecule has 0 N–H and O–H groups in total. The minimum absolute atomic E-state index is 0.0583. The molecule has 6 nitrogen and oxygen atoms in total. The molecular formula is C17H12N2O4. The van der Waals surface area contributed by atoms with Gasteiger partial charge in [0.05, 0.1) is 17.0 Å².